The van der Waals surface area contributed by atoms with Crippen LogP contribution in [0.2, 0.25) is 0 Å². The van der Waals surface area contributed by atoms with Crippen molar-refractivity contribution in [2.45, 2.75) is 0 Å². The third kappa shape index (κ3) is 4.23. The van der Waals surface area contributed by atoms with Gasteiger partial charge in [-0.25, -0.2) is 10.4 Å². The van der Waals surface area contributed by atoms with Gasteiger partial charge in [-0.2, -0.15) is 5.10 Å². The van der Waals surface area contributed by atoms with Crippen molar-refractivity contribution in [3.8, 4) is 5.75 Å². The lowest BCUT2D eigenvalue weighted by molar-refractivity contribution is -0.385. The highest BCUT2D eigenvalue weighted by molar-refractivity contribution is 14.1. The predicted octanol–water partition coefficient (Wildman–Crippen LogP) is 1.97. The number of hydrazone groups is 1. The average Bonchev–Trinajstić information content (AvgIpc) is 2.58. The van der Waals surface area contributed by atoms with Crippen LogP contribution in [0.5, 0.6) is 5.75 Å². The van der Waals surface area contributed by atoms with Crippen LogP contribution in [0.4, 0.5) is 11.4 Å². The second-order valence-electron chi connectivity index (χ2n) is 4.45. The molecule has 2 rings (SSSR count). The molecule has 0 bridgehead atoms. The molecule has 12 heteroatoms. The Morgan fingerprint density at radius 1 is 1.32 bits per heavy atom. The number of nitrogens with zero attached hydrogens (tertiary/aromatic N) is 4. The zero-order valence-electron chi connectivity index (χ0n) is 12.1. The van der Waals surface area contributed by atoms with Crippen molar-refractivity contribution in [3.05, 3.63) is 65.5 Å². The summed E-state index contributed by atoms with van der Waals surface area (Å²) in [5.74, 6) is -1.20. The summed E-state index contributed by atoms with van der Waals surface area (Å²) in [6, 6.07) is 4.65. The number of nitro groups is 2. The molecule has 25 heavy (non-hydrogen) atoms. The van der Waals surface area contributed by atoms with Gasteiger partial charge in [0.2, 0.25) is 5.69 Å². The Balaban J connectivity index is 2.23. The quantitative estimate of drug-likeness (QED) is 0.300. The topological polar surface area (TPSA) is 161 Å². The maximum absolute atomic E-state index is 11.9. The Bertz CT molecular complexity index is 900. The van der Waals surface area contributed by atoms with E-state index in [-0.39, 0.29) is 20.6 Å². The monoisotopic (exact) mass is 457 g/mol. The normalized spacial score (nSPS) is 10.6. The third-order valence-electron chi connectivity index (χ3n) is 2.86. The van der Waals surface area contributed by atoms with Gasteiger partial charge in [-0.3, -0.25) is 25.0 Å². The fourth-order valence-corrected chi connectivity index (χ4v) is 2.37. The number of halogens is 1. The molecular formula is C13H8IN5O6. The minimum atomic E-state index is -0.942. The van der Waals surface area contributed by atoms with Gasteiger partial charge >= 0.3 is 5.69 Å². The molecule has 1 heterocycles. The highest BCUT2D eigenvalue weighted by Crippen LogP contribution is 2.28. The maximum atomic E-state index is 11.9. The number of phenolic OH excluding ortho intramolecular Hbond substituents is 1. The van der Waals surface area contributed by atoms with E-state index in [4.69, 9.17) is 0 Å². The van der Waals surface area contributed by atoms with Gasteiger partial charge in [-0.05, 0) is 28.7 Å². The van der Waals surface area contributed by atoms with E-state index in [9.17, 15) is 30.1 Å². The number of aromatic nitrogens is 1. The van der Waals surface area contributed by atoms with Crippen LogP contribution >= 0.6 is 22.6 Å². The molecule has 0 fully saturated rings. The Morgan fingerprint density at radius 2 is 2.04 bits per heavy atom. The molecule has 0 spiro atoms. The Kier molecular flexibility index (Phi) is 5.53. The Labute approximate surface area is 152 Å². The zero-order chi connectivity index (χ0) is 18.6. The molecule has 0 saturated heterocycles. The Hall–Kier alpha value is -3.16. The number of nitrogens with one attached hydrogen (secondary N) is 1. The zero-order valence-corrected chi connectivity index (χ0v) is 14.3. The molecule has 0 aliphatic carbocycles. The standard InChI is InChI=1S/C13H8IN5O6/c14-9-5-8(18(22)23)4-7(12(9)20)6-16-17-13(21)11-10(19(24)25)2-1-3-15-11/h1-6,20H,(H,17,21)/b16-6+. The van der Waals surface area contributed by atoms with Crippen molar-refractivity contribution in [3.63, 3.8) is 0 Å². The van der Waals surface area contributed by atoms with E-state index in [0.717, 1.165) is 18.3 Å². The van der Waals surface area contributed by atoms with Crippen molar-refractivity contribution in [1.82, 2.24) is 10.4 Å². The number of nitro benzene ring substituents is 1. The molecule has 0 unspecified atom stereocenters. The van der Waals surface area contributed by atoms with E-state index in [2.05, 4.69) is 10.1 Å². The van der Waals surface area contributed by atoms with Gasteiger partial charge < -0.3 is 5.11 Å². The van der Waals surface area contributed by atoms with Crippen LogP contribution in [-0.4, -0.2) is 32.1 Å². The summed E-state index contributed by atoms with van der Waals surface area (Å²) in [6.45, 7) is 0. The molecule has 11 nitrogen and oxygen atoms in total. The average molecular weight is 457 g/mol. The summed E-state index contributed by atoms with van der Waals surface area (Å²) in [5, 5.41) is 35.1. The fraction of sp³-hybridized carbons (Fsp3) is 0. The number of aromatic hydroxyl groups is 1. The lowest BCUT2D eigenvalue weighted by atomic mass is 10.2. The van der Waals surface area contributed by atoms with Gasteiger partial charge in [0, 0.05) is 30.0 Å². The van der Waals surface area contributed by atoms with Crippen LogP contribution in [0, 0.1) is 23.8 Å². The summed E-state index contributed by atoms with van der Waals surface area (Å²) >= 11 is 1.71. The van der Waals surface area contributed by atoms with Crippen molar-refractivity contribution in [2.75, 3.05) is 0 Å². The fourth-order valence-electron chi connectivity index (χ4n) is 1.74. The minimum absolute atomic E-state index is 0.00517. The molecule has 2 aromatic rings. The van der Waals surface area contributed by atoms with Crippen LogP contribution < -0.4 is 5.43 Å². The number of carbonyl (C=O) groups excluding carboxylic acids is 1. The summed E-state index contributed by atoms with van der Waals surface area (Å²) < 4.78 is 0.222. The van der Waals surface area contributed by atoms with E-state index < -0.39 is 27.1 Å². The first-order chi connectivity index (χ1) is 11.8. The second-order valence-corrected chi connectivity index (χ2v) is 5.61. The first kappa shape index (κ1) is 18.2. The van der Waals surface area contributed by atoms with Crippen LogP contribution in [-0.2, 0) is 0 Å². The van der Waals surface area contributed by atoms with E-state index in [1.165, 1.54) is 18.3 Å². The molecular weight excluding hydrogens is 449 g/mol. The number of hydrogen-bond donors (Lipinski definition) is 2. The van der Waals surface area contributed by atoms with Crippen LogP contribution in [0.3, 0.4) is 0 Å². The smallest absolute Gasteiger partial charge is 0.300 e. The molecule has 0 aliphatic heterocycles. The predicted molar refractivity (Wildman–Crippen MR) is 93.4 cm³/mol. The van der Waals surface area contributed by atoms with Crippen LogP contribution in [0.1, 0.15) is 16.1 Å². The summed E-state index contributed by atoms with van der Waals surface area (Å²) in [7, 11) is 0. The molecule has 128 valence electrons. The van der Waals surface area contributed by atoms with E-state index in [1.54, 1.807) is 22.6 Å². The van der Waals surface area contributed by atoms with E-state index in [0.29, 0.717) is 0 Å². The number of phenols is 1. The highest BCUT2D eigenvalue weighted by atomic mass is 127. The number of pyridine rings is 1. The molecule has 1 aromatic heterocycles. The largest absolute Gasteiger partial charge is 0.506 e. The molecule has 0 atom stereocenters. The van der Waals surface area contributed by atoms with E-state index >= 15 is 0 Å². The van der Waals surface area contributed by atoms with Gasteiger partial charge in [-0.1, -0.05) is 0 Å². The van der Waals surface area contributed by atoms with E-state index in [1.807, 2.05) is 5.43 Å². The van der Waals surface area contributed by atoms with Crippen molar-refractivity contribution >= 4 is 46.1 Å². The third-order valence-corrected chi connectivity index (χ3v) is 3.68. The first-order valence-electron chi connectivity index (χ1n) is 6.41. The van der Waals surface area contributed by atoms with Crippen molar-refractivity contribution < 1.29 is 19.7 Å². The van der Waals surface area contributed by atoms with Gasteiger partial charge in [0.25, 0.3) is 11.6 Å². The SMILES string of the molecule is O=C(N/N=C/c1cc([N+](=O)[O-])cc(I)c1O)c1ncccc1[N+](=O)[O-]. The van der Waals surface area contributed by atoms with Crippen molar-refractivity contribution in [1.29, 1.82) is 0 Å². The lowest BCUT2D eigenvalue weighted by Crippen LogP contribution is -2.20. The number of carbonyl (C=O) groups is 1. The molecule has 0 radical (unpaired) electrons. The van der Waals surface area contributed by atoms with Crippen LogP contribution in [0.15, 0.2) is 35.6 Å². The number of amides is 1. The number of hydrogen-bond acceptors (Lipinski definition) is 8. The molecule has 1 amide bonds. The first-order valence-corrected chi connectivity index (χ1v) is 7.49. The number of benzene rings is 1. The summed E-state index contributed by atoms with van der Waals surface area (Å²) in [4.78, 5) is 35.8. The molecule has 0 saturated carbocycles. The Morgan fingerprint density at radius 3 is 2.68 bits per heavy atom. The van der Waals surface area contributed by atoms with Gasteiger partial charge in [0.15, 0.2) is 0 Å². The molecule has 0 aliphatic rings. The summed E-state index contributed by atoms with van der Waals surface area (Å²) in [5.41, 5.74) is 0.805. The minimum Gasteiger partial charge on any atom is -0.506 e. The van der Waals surface area contributed by atoms with Crippen LogP contribution in [0.25, 0.3) is 0 Å². The van der Waals surface area contributed by atoms with Gasteiger partial charge in [0.05, 0.1) is 19.6 Å². The molecule has 1 aromatic carbocycles. The van der Waals surface area contributed by atoms with Gasteiger partial charge in [0.1, 0.15) is 5.75 Å². The van der Waals surface area contributed by atoms with Crippen molar-refractivity contribution in [2.24, 2.45) is 5.10 Å². The number of non-ortho nitro benzene ring substituents is 1. The van der Waals surface area contributed by atoms with Gasteiger partial charge in [-0.15, -0.1) is 0 Å². The molecule has 2 N–H and O–H groups in total. The maximum Gasteiger partial charge on any atom is 0.300 e. The number of rotatable bonds is 5. The summed E-state index contributed by atoms with van der Waals surface area (Å²) in [6.07, 6.45) is 2.19. The second kappa shape index (κ2) is 7.61. The lowest BCUT2D eigenvalue weighted by Gasteiger charge is -2.03. The highest BCUT2D eigenvalue weighted by Gasteiger charge is 2.21.